The largest absolute Gasteiger partial charge is 0.357 e. The Labute approximate surface area is 185 Å². The van der Waals surface area contributed by atoms with Gasteiger partial charge in [-0.15, -0.1) is 24.0 Å². The maximum atomic E-state index is 13.7. The predicted octanol–water partition coefficient (Wildman–Crippen LogP) is 2.42. The quantitative estimate of drug-likeness (QED) is 0.255. The number of fused-ring (bicyclic) bond motifs is 1. The van der Waals surface area contributed by atoms with Gasteiger partial charge in [-0.3, -0.25) is 4.57 Å². The number of hydrogen-bond acceptors (Lipinski definition) is 3. The second kappa shape index (κ2) is 11.3. The molecule has 0 unspecified atom stereocenters. The number of aryl methyl sites for hydroxylation is 2. The van der Waals surface area contributed by atoms with Crippen molar-refractivity contribution < 1.29 is 8.78 Å². The first-order valence-electron chi connectivity index (χ1n) is 9.71. The van der Waals surface area contributed by atoms with E-state index in [1.807, 2.05) is 6.92 Å². The highest BCUT2D eigenvalue weighted by Crippen LogP contribution is 2.11. The molecule has 1 aliphatic heterocycles. The van der Waals surface area contributed by atoms with Crippen molar-refractivity contribution in [1.29, 1.82) is 0 Å². The lowest BCUT2D eigenvalue weighted by atomic mass is 10.2. The molecular weight excluding hydrogens is 493 g/mol. The fourth-order valence-corrected chi connectivity index (χ4v) is 3.20. The molecule has 29 heavy (non-hydrogen) atoms. The maximum absolute atomic E-state index is 13.7. The Kier molecular flexibility index (Phi) is 9.05. The molecule has 2 N–H and O–H groups in total. The van der Waals surface area contributed by atoms with Gasteiger partial charge < -0.3 is 10.6 Å². The molecule has 160 valence electrons. The number of aliphatic imine (C=N–C) groups is 1. The fraction of sp³-hybridized carbons (Fsp3) is 0.526. The first kappa shape index (κ1) is 23.3. The topological polar surface area (TPSA) is 76.2 Å². The smallest absolute Gasteiger partial charge is 0.345 e. The Bertz CT molecular complexity index is 895. The lowest BCUT2D eigenvalue weighted by Crippen LogP contribution is -2.38. The van der Waals surface area contributed by atoms with Crippen LogP contribution in [0.4, 0.5) is 8.78 Å². The van der Waals surface area contributed by atoms with Crippen LogP contribution in [-0.4, -0.2) is 33.4 Å². The molecule has 0 atom stereocenters. The molecule has 0 saturated heterocycles. The van der Waals surface area contributed by atoms with Gasteiger partial charge in [0.25, 0.3) is 0 Å². The van der Waals surface area contributed by atoms with E-state index in [1.165, 1.54) is 4.68 Å². The zero-order valence-corrected chi connectivity index (χ0v) is 18.8. The number of hydrogen-bond donors (Lipinski definition) is 2. The minimum Gasteiger partial charge on any atom is -0.357 e. The second-order valence-corrected chi connectivity index (χ2v) is 6.74. The van der Waals surface area contributed by atoms with Crippen molar-refractivity contribution in [2.45, 2.75) is 52.2 Å². The number of rotatable bonds is 7. The van der Waals surface area contributed by atoms with Gasteiger partial charge in [-0.25, -0.2) is 23.2 Å². The molecule has 0 amide bonds. The molecule has 10 heteroatoms. The van der Waals surface area contributed by atoms with Gasteiger partial charge in [-0.05, 0) is 44.4 Å². The molecule has 7 nitrogen and oxygen atoms in total. The normalized spacial score (nSPS) is 13.6. The monoisotopic (exact) mass is 520 g/mol. The van der Waals surface area contributed by atoms with Crippen LogP contribution in [0.3, 0.4) is 0 Å². The zero-order chi connectivity index (χ0) is 19.9. The number of benzene rings is 1. The van der Waals surface area contributed by atoms with Gasteiger partial charge in [0.1, 0.15) is 17.5 Å². The summed E-state index contributed by atoms with van der Waals surface area (Å²) in [6.45, 7) is 4.45. The third-order valence-corrected chi connectivity index (χ3v) is 4.63. The summed E-state index contributed by atoms with van der Waals surface area (Å²) in [6.07, 6.45) is 3.64. The molecule has 0 radical (unpaired) electrons. The number of nitrogens with zero attached hydrogens (tertiary/aromatic N) is 4. The maximum Gasteiger partial charge on any atom is 0.345 e. The van der Waals surface area contributed by atoms with E-state index in [9.17, 15) is 13.6 Å². The molecule has 1 aromatic heterocycles. The summed E-state index contributed by atoms with van der Waals surface area (Å²) >= 11 is 0. The highest BCUT2D eigenvalue weighted by atomic mass is 127. The van der Waals surface area contributed by atoms with E-state index < -0.39 is 11.6 Å². The van der Waals surface area contributed by atoms with Crippen LogP contribution < -0.4 is 16.3 Å². The van der Waals surface area contributed by atoms with E-state index in [0.29, 0.717) is 32.0 Å². The zero-order valence-electron chi connectivity index (χ0n) is 16.5. The molecule has 1 aromatic carbocycles. The highest BCUT2D eigenvalue weighted by Gasteiger charge is 2.16. The van der Waals surface area contributed by atoms with Crippen LogP contribution in [0, 0.1) is 11.6 Å². The van der Waals surface area contributed by atoms with Crippen molar-refractivity contribution in [3.05, 3.63) is 51.7 Å². The standard InChI is InChI=1S/C19H26F2N6O.HI/c1-2-22-18(24-13-14-12-15(20)7-8-16(14)21)23-9-5-11-27-19(28)26-10-4-3-6-17(26)25-27;/h7-8,12H,2-6,9-11,13H2,1H3,(H2,22,23,24);1H. The van der Waals surface area contributed by atoms with E-state index in [1.54, 1.807) is 4.57 Å². The Balaban J connectivity index is 0.00000300. The minimum absolute atomic E-state index is 0. The van der Waals surface area contributed by atoms with Crippen molar-refractivity contribution in [2.24, 2.45) is 4.99 Å². The minimum atomic E-state index is -0.488. The number of aromatic nitrogens is 3. The van der Waals surface area contributed by atoms with Gasteiger partial charge in [0.2, 0.25) is 0 Å². The first-order valence-corrected chi connectivity index (χ1v) is 9.71. The van der Waals surface area contributed by atoms with E-state index in [-0.39, 0.29) is 41.8 Å². The van der Waals surface area contributed by atoms with E-state index in [4.69, 9.17) is 0 Å². The summed E-state index contributed by atoms with van der Waals surface area (Å²) in [5.41, 5.74) is 0.157. The molecule has 3 rings (SSSR count). The first-order chi connectivity index (χ1) is 13.6. The van der Waals surface area contributed by atoms with Crippen LogP contribution in [0.5, 0.6) is 0 Å². The van der Waals surface area contributed by atoms with E-state index >= 15 is 0 Å². The Morgan fingerprint density at radius 1 is 1.28 bits per heavy atom. The second-order valence-electron chi connectivity index (χ2n) is 6.74. The van der Waals surface area contributed by atoms with Crippen molar-refractivity contribution in [3.8, 4) is 0 Å². The van der Waals surface area contributed by atoms with Gasteiger partial charge in [-0.2, -0.15) is 5.10 Å². The third kappa shape index (κ3) is 6.25. The summed E-state index contributed by atoms with van der Waals surface area (Å²) in [6, 6.07) is 3.33. The van der Waals surface area contributed by atoms with Crippen molar-refractivity contribution in [3.63, 3.8) is 0 Å². The summed E-state index contributed by atoms with van der Waals surface area (Å²) in [4.78, 5) is 16.6. The molecule has 0 saturated carbocycles. The Morgan fingerprint density at radius 2 is 2.10 bits per heavy atom. The number of guanidine groups is 1. The van der Waals surface area contributed by atoms with Crippen LogP contribution in [0.1, 0.15) is 37.6 Å². The number of nitrogens with one attached hydrogen (secondary N) is 2. The van der Waals surface area contributed by atoms with Crippen LogP contribution >= 0.6 is 24.0 Å². The van der Waals surface area contributed by atoms with Crippen LogP contribution in [0.25, 0.3) is 0 Å². The van der Waals surface area contributed by atoms with Gasteiger partial charge in [-0.1, -0.05) is 0 Å². The lowest BCUT2D eigenvalue weighted by Gasteiger charge is -2.11. The predicted molar refractivity (Wildman–Crippen MR) is 119 cm³/mol. The van der Waals surface area contributed by atoms with Gasteiger partial charge >= 0.3 is 5.69 Å². The van der Waals surface area contributed by atoms with E-state index in [0.717, 1.165) is 49.8 Å². The van der Waals surface area contributed by atoms with Gasteiger partial charge in [0.05, 0.1) is 6.54 Å². The molecule has 2 aromatic rings. The molecule has 0 aliphatic carbocycles. The SMILES string of the molecule is CCNC(=NCc1cc(F)ccc1F)NCCCn1nc2n(c1=O)CCCC2.I. The molecule has 0 fully saturated rings. The van der Waals surface area contributed by atoms with Gasteiger partial charge in [0, 0.05) is 38.2 Å². The fourth-order valence-electron chi connectivity index (χ4n) is 3.20. The summed E-state index contributed by atoms with van der Waals surface area (Å²) in [7, 11) is 0. The van der Waals surface area contributed by atoms with E-state index in [2.05, 4.69) is 20.7 Å². The average Bonchev–Trinajstić information content (AvgIpc) is 3.01. The molecule has 0 bridgehead atoms. The van der Waals surface area contributed by atoms with Crippen molar-refractivity contribution >= 4 is 29.9 Å². The van der Waals surface area contributed by atoms with Crippen molar-refractivity contribution in [1.82, 2.24) is 25.0 Å². The summed E-state index contributed by atoms with van der Waals surface area (Å²) in [5.74, 6) is 0.417. The van der Waals surface area contributed by atoms with Crippen LogP contribution in [-0.2, 0) is 26.1 Å². The summed E-state index contributed by atoms with van der Waals surface area (Å²) < 4.78 is 30.3. The Morgan fingerprint density at radius 3 is 2.86 bits per heavy atom. The van der Waals surface area contributed by atoms with Crippen LogP contribution in [0.2, 0.25) is 0 Å². The van der Waals surface area contributed by atoms with Gasteiger partial charge in [0.15, 0.2) is 5.96 Å². The van der Waals surface area contributed by atoms with Crippen molar-refractivity contribution in [2.75, 3.05) is 13.1 Å². The molecule has 1 aliphatic rings. The van der Waals surface area contributed by atoms with Crippen LogP contribution in [0.15, 0.2) is 28.0 Å². The Hall–Kier alpha value is -1.98. The highest BCUT2D eigenvalue weighted by molar-refractivity contribution is 14.0. The molecule has 0 spiro atoms. The lowest BCUT2D eigenvalue weighted by molar-refractivity contribution is 0.509. The number of halogens is 3. The molecular formula is C19H27F2IN6O. The molecule has 2 heterocycles. The average molecular weight is 520 g/mol. The summed E-state index contributed by atoms with van der Waals surface area (Å²) in [5, 5.41) is 10.6. The third-order valence-electron chi connectivity index (χ3n) is 4.63.